The number of benzene rings is 1. The molecular weight excluding hydrogens is 545 g/mol. The summed E-state index contributed by atoms with van der Waals surface area (Å²) in [6.07, 6.45) is -2.30. The molecule has 16 heteroatoms. The quantitative estimate of drug-likeness (QED) is 0.339. The van der Waals surface area contributed by atoms with Gasteiger partial charge in [0.1, 0.15) is 6.10 Å². The molecule has 0 aliphatic carbocycles. The minimum Gasteiger partial charge on any atom is -0.479 e. The van der Waals surface area contributed by atoms with E-state index in [1.54, 1.807) is 25.1 Å². The van der Waals surface area contributed by atoms with E-state index >= 15 is 0 Å². The Labute approximate surface area is 220 Å². The van der Waals surface area contributed by atoms with Gasteiger partial charge in [0.2, 0.25) is 11.8 Å². The molecule has 1 aromatic carbocycles. The number of phosphoric ester groups is 1. The van der Waals surface area contributed by atoms with Crippen LogP contribution in [-0.2, 0) is 32.3 Å². The first kappa shape index (κ1) is 25.3. The summed E-state index contributed by atoms with van der Waals surface area (Å²) in [6, 6.07) is 7.06. The Morgan fingerprint density at radius 3 is 2.97 bits per heavy atom. The maximum Gasteiger partial charge on any atom is 0.509 e. The first-order valence-corrected chi connectivity index (χ1v) is 13.4. The summed E-state index contributed by atoms with van der Waals surface area (Å²) in [5.74, 6) is 0.124. The molecule has 2 N–H and O–H groups in total. The van der Waals surface area contributed by atoms with Crippen molar-refractivity contribution < 1.29 is 41.9 Å². The third-order valence-electron chi connectivity index (χ3n) is 6.58. The molecule has 3 aliphatic rings. The van der Waals surface area contributed by atoms with Gasteiger partial charge >= 0.3 is 14.0 Å². The standard InChI is InChI=1S/C22H23ClN5O9P/c1-22-16(35-21(29)36-22)14(34-19(22)28-10-25-15-17(28)26-20(24)27-18(15)31-2)9-33-38(30)32-7-6-13(37-38)11-4-3-5-12(23)8-11/h3-5,8,10,13-14,16,19H,6-7,9H2,1-2H3,(H2,24,26,27). The fraction of sp³-hybridized carbons (Fsp3) is 0.455. The maximum absolute atomic E-state index is 13.3. The van der Waals surface area contributed by atoms with Crippen molar-refractivity contribution in [3.05, 3.63) is 41.2 Å². The number of hydrogen-bond donors (Lipinski definition) is 1. The van der Waals surface area contributed by atoms with Crippen molar-refractivity contribution in [1.82, 2.24) is 19.5 Å². The highest BCUT2D eigenvalue weighted by Crippen LogP contribution is 2.58. The highest BCUT2D eigenvalue weighted by atomic mass is 35.5. The van der Waals surface area contributed by atoms with Crippen molar-refractivity contribution >= 4 is 42.7 Å². The van der Waals surface area contributed by atoms with Crippen LogP contribution in [0.3, 0.4) is 0 Å². The number of anilines is 1. The Morgan fingerprint density at radius 2 is 2.18 bits per heavy atom. The number of nitrogen functional groups attached to an aromatic ring is 1. The first-order chi connectivity index (χ1) is 18.2. The van der Waals surface area contributed by atoms with Gasteiger partial charge in [0.25, 0.3) is 0 Å². The second kappa shape index (κ2) is 9.33. The molecule has 0 radical (unpaired) electrons. The number of methoxy groups -OCH3 is 1. The van der Waals surface area contributed by atoms with E-state index in [4.69, 9.17) is 49.9 Å². The molecule has 6 unspecified atom stereocenters. The molecule has 6 atom stereocenters. The van der Waals surface area contributed by atoms with Crippen LogP contribution in [0.2, 0.25) is 5.02 Å². The second-order valence-electron chi connectivity index (χ2n) is 9.03. The number of nitrogens with zero attached hydrogens (tertiary/aromatic N) is 4. The van der Waals surface area contributed by atoms with Crippen LogP contribution >= 0.6 is 19.4 Å². The number of carbonyl (C=O) groups excluding carboxylic acids is 1. The average Bonchev–Trinajstić information content (AvgIpc) is 3.51. The third-order valence-corrected chi connectivity index (χ3v) is 8.29. The number of nitrogens with two attached hydrogens (primary N) is 1. The van der Waals surface area contributed by atoms with Crippen molar-refractivity contribution in [3.63, 3.8) is 0 Å². The number of hydrogen-bond acceptors (Lipinski definition) is 13. The van der Waals surface area contributed by atoms with Gasteiger partial charge in [-0.1, -0.05) is 23.7 Å². The molecule has 202 valence electrons. The zero-order valence-corrected chi connectivity index (χ0v) is 21.8. The monoisotopic (exact) mass is 567 g/mol. The number of carbonyl (C=O) groups is 1. The molecule has 0 saturated carbocycles. The lowest BCUT2D eigenvalue weighted by Crippen LogP contribution is -2.42. The first-order valence-electron chi connectivity index (χ1n) is 11.6. The van der Waals surface area contributed by atoms with Crippen LogP contribution in [0, 0.1) is 0 Å². The van der Waals surface area contributed by atoms with Crippen LogP contribution in [0.5, 0.6) is 5.88 Å². The minimum atomic E-state index is -3.99. The predicted octanol–water partition coefficient (Wildman–Crippen LogP) is 3.56. The van der Waals surface area contributed by atoms with Gasteiger partial charge in [0.05, 0.1) is 32.8 Å². The lowest BCUT2D eigenvalue weighted by molar-refractivity contribution is -0.0925. The Balaban J connectivity index is 1.24. The minimum absolute atomic E-state index is 0.0469. The van der Waals surface area contributed by atoms with Crippen LogP contribution in [0.15, 0.2) is 30.6 Å². The van der Waals surface area contributed by atoms with Crippen LogP contribution in [-0.4, -0.2) is 63.8 Å². The molecule has 0 bridgehead atoms. The SMILES string of the molecule is COc1nc(N)nc2c1ncn2C1OC(COP2(=O)OCCC(c3cccc(Cl)c3)O2)C2OC(=O)OC21C. The number of imidazole rings is 1. The smallest absolute Gasteiger partial charge is 0.479 e. The molecule has 5 heterocycles. The number of ether oxygens (including phenoxy) is 4. The predicted molar refractivity (Wildman–Crippen MR) is 129 cm³/mol. The van der Waals surface area contributed by atoms with Gasteiger partial charge in [-0.2, -0.15) is 9.97 Å². The van der Waals surface area contributed by atoms with E-state index in [2.05, 4.69) is 15.0 Å². The van der Waals surface area contributed by atoms with Crippen molar-refractivity contribution in [2.75, 3.05) is 26.1 Å². The second-order valence-corrected chi connectivity index (χ2v) is 11.1. The summed E-state index contributed by atoms with van der Waals surface area (Å²) in [6.45, 7) is 1.50. The van der Waals surface area contributed by atoms with E-state index in [0.717, 1.165) is 5.56 Å². The van der Waals surface area contributed by atoms with Crippen LogP contribution in [0.25, 0.3) is 11.2 Å². The molecule has 3 aliphatic heterocycles. The molecule has 3 aromatic rings. The molecule has 2 aromatic heterocycles. The van der Waals surface area contributed by atoms with E-state index in [1.165, 1.54) is 18.0 Å². The zero-order chi connectivity index (χ0) is 26.7. The van der Waals surface area contributed by atoms with Gasteiger partial charge in [0, 0.05) is 11.4 Å². The number of phosphoric acid groups is 1. The van der Waals surface area contributed by atoms with Crippen LogP contribution in [0.4, 0.5) is 10.7 Å². The van der Waals surface area contributed by atoms with Gasteiger partial charge in [-0.25, -0.2) is 14.3 Å². The normalized spacial score (nSPS) is 32.7. The molecule has 38 heavy (non-hydrogen) atoms. The summed E-state index contributed by atoms with van der Waals surface area (Å²) in [5, 5.41) is 0.526. The fourth-order valence-corrected chi connectivity index (χ4v) is 6.45. The topological polar surface area (TPSA) is 168 Å². The van der Waals surface area contributed by atoms with Crippen LogP contribution in [0.1, 0.15) is 31.2 Å². The molecular formula is C22H23ClN5O9P. The Kier molecular flexibility index (Phi) is 6.21. The molecule has 0 spiro atoms. The van der Waals surface area contributed by atoms with Gasteiger partial charge < -0.3 is 24.7 Å². The number of fused-ring (bicyclic) bond motifs is 2. The molecule has 3 fully saturated rings. The summed E-state index contributed by atoms with van der Waals surface area (Å²) in [5.41, 5.74) is 5.90. The Hall–Kier alpha value is -3.00. The summed E-state index contributed by atoms with van der Waals surface area (Å²) in [4.78, 5) is 24.8. The van der Waals surface area contributed by atoms with Crippen molar-refractivity contribution in [2.45, 2.75) is 43.5 Å². The van der Waals surface area contributed by atoms with E-state index < -0.39 is 44.1 Å². The number of aromatic nitrogens is 4. The number of halogens is 1. The van der Waals surface area contributed by atoms with E-state index in [1.807, 2.05) is 6.07 Å². The lowest BCUT2D eigenvalue weighted by Gasteiger charge is -2.30. The molecule has 6 rings (SSSR count). The molecule has 0 amide bonds. The van der Waals surface area contributed by atoms with Crippen molar-refractivity contribution in [1.29, 1.82) is 0 Å². The average molecular weight is 568 g/mol. The van der Waals surface area contributed by atoms with E-state index in [0.29, 0.717) is 22.6 Å². The number of rotatable bonds is 6. The summed E-state index contributed by atoms with van der Waals surface area (Å²) >= 11 is 6.09. The largest absolute Gasteiger partial charge is 0.509 e. The summed E-state index contributed by atoms with van der Waals surface area (Å²) in [7, 11) is -2.56. The Bertz CT molecular complexity index is 1460. The maximum atomic E-state index is 13.3. The van der Waals surface area contributed by atoms with E-state index in [-0.39, 0.29) is 25.0 Å². The highest BCUT2D eigenvalue weighted by molar-refractivity contribution is 7.48. The highest BCUT2D eigenvalue weighted by Gasteiger charge is 2.64. The lowest BCUT2D eigenvalue weighted by atomic mass is 9.96. The zero-order valence-electron chi connectivity index (χ0n) is 20.2. The van der Waals surface area contributed by atoms with Crippen LogP contribution < -0.4 is 10.5 Å². The summed E-state index contributed by atoms with van der Waals surface area (Å²) < 4.78 is 54.1. The van der Waals surface area contributed by atoms with Crippen molar-refractivity contribution in [3.8, 4) is 5.88 Å². The van der Waals surface area contributed by atoms with Gasteiger partial charge in [0.15, 0.2) is 29.1 Å². The third kappa shape index (κ3) is 4.27. The van der Waals surface area contributed by atoms with Gasteiger partial charge in [-0.05, 0) is 24.6 Å². The van der Waals surface area contributed by atoms with Gasteiger partial charge in [-0.3, -0.25) is 18.1 Å². The molecule has 14 nitrogen and oxygen atoms in total. The van der Waals surface area contributed by atoms with E-state index in [9.17, 15) is 9.36 Å². The van der Waals surface area contributed by atoms with Crippen molar-refractivity contribution in [2.24, 2.45) is 0 Å². The van der Waals surface area contributed by atoms with Gasteiger partial charge in [-0.15, -0.1) is 0 Å². The fourth-order valence-electron chi connectivity index (χ4n) is 4.86. The Morgan fingerprint density at radius 1 is 1.34 bits per heavy atom. The molecule has 3 saturated heterocycles.